The lowest BCUT2D eigenvalue weighted by atomic mass is 10.4. The summed E-state index contributed by atoms with van der Waals surface area (Å²) in [7, 11) is 1.60. The number of nitrogens with one attached hydrogen (secondary N) is 1. The lowest BCUT2D eigenvalue weighted by Gasteiger charge is -2.04. The summed E-state index contributed by atoms with van der Waals surface area (Å²) in [6, 6.07) is 0. The molecule has 1 N–H and O–H groups in total. The van der Waals surface area contributed by atoms with Crippen molar-refractivity contribution in [1.82, 2.24) is 15.5 Å². The molecule has 1 unspecified atom stereocenters. The normalized spacial score (nSPS) is 12.5. The molecule has 13 heavy (non-hydrogen) atoms. The highest BCUT2D eigenvalue weighted by atomic mass is 32.2. The molecule has 1 rings (SSSR count). The van der Waals surface area contributed by atoms with Gasteiger partial charge in [0, 0.05) is 14.0 Å². The van der Waals surface area contributed by atoms with Gasteiger partial charge in [0.1, 0.15) is 0 Å². The van der Waals surface area contributed by atoms with Crippen LogP contribution in [0, 0.1) is 6.92 Å². The van der Waals surface area contributed by atoms with Crippen molar-refractivity contribution in [2.24, 2.45) is 0 Å². The fourth-order valence-corrected chi connectivity index (χ4v) is 1.52. The van der Waals surface area contributed by atoms with Crippen molar-refractivity contribution in [3.63, 3.8) is 0 Å². The first-order valence-corrected chi connectivity index (χ1v) is 4.70. The predicted octanol–water partition coefficient (Wildman–Crippen LogP) is 0.605. The van der Waals surface area contributed by atoms with Gasteiger partial charge in [0.2, 0.25) is 11.8 Å². The van der Waals surface area contributed by atoms with Gasteiger partial charge in [-0.15, -0.1) is 10.2 Å². The van der Waals surface area contributed by atoms with E-state index < -0.39 is 0 Å². The smallest absolute Gasteiger partial charge is 0.277 e. The number of aryl methyl sites for hydroxylation is 1. The summed E-state index contributed by atoms with van der Waals surface area (Å²) >= 11 is 1.24. The second kappa shape index (κ2) is 4.27. The molecule has 0 saturated heterocycles. The van der Waals surface area contributed by atoms with E-state index in [2.05, 4.69) is 15.5 Å². The summed E-state index contributed by atoms with van der Waals surface area (Å²) in [6.45, 7) is 3.49. The van der Waals surface area contributed by atoms with Crippen LogP contribution in [0.5, 0.6) is 0 Å². The van der Waals surface area contributed by atoms with Crippen molar-refractivity contribution in [2.45, 2.75) is 24.3 Å². The minimum atomic E-state index is -0.218. The van der Waals surface area contributed by atoms with Gasteiger partial charge in [-0.3, -0.25) is 4.79 Å². The molecule has 0 fully saturated rings. The van der Waals surface area contributed by atoms with Crippen molar-refractivity contribution < 1.29 is 9.21 Å². The third kappa shape index (κ3) is 2.73. The number of carbonyl (C=O) groups is 1. The van der Waals surface area contributed by atoms with Gasteiger partial charge in [0.15, 0.2) is 0 Å². The van der Waals surface area contributed by atoms with E-state index in [-0.39, 0.29) is 11.2 Å². The zero-order valence-corrected chi connectivity index (χ0v) is 8.51. The molecule has 6 heteroatoms. The number of rotatable bonds is 3. The number of aromatic nitrogens is 2. The minimum Gasteiger partial charge on any atom is -0.416 e. The second-order valence-corrected chi connectivity index (χ2v) is 3.75. The SMILES string of the molecule is CNC(=O)C(C)Sc1nnc(C)o1. The van der Waals surface area contributed by atoms with Gasteiger partial charge < -0.3 is 9.73 Å². The highest BCUT2D eigenvalue weighted by Gasteiger charge is 2.15. The van der Waals surface area contributed by atoms with Crippen LogP contribution >= 0.6 is 11.8 Å². The number of thioether (sulfide) groups is 1. The largest absolute Gasteiger partial charge is 0.416 e. The Morgan fingerprint density at radius 2 is 2.31 bits per heavy atom. The Labute approximate surface area is 80.3 Å². The molecular weight excluding hydrogens is 190 g/mol. The number of carbonyl (C=O) groups excluding carboxylic acids is 1. The van der Waals surface area contributed by atoms with Gasteiger partial charge in [-0.05, 0) is 6.92 Å². The summed E-state index contributed by atoms with van der Waals surface area (Å²) in [6.07, 6.45) is 0. The molecule has 0 spiro atoms. The molecule has 0 bridgehead atoms. The Bertz CT molecular complexity index is 300. The second-order valence-electron chi connectivity index (χ2n) is 2.46. The van der Waals surface area contributed by atoms with Crippen LogP contribution in [0.15, 0.2) is 9.64 Å². The molecule has 0 aliphatic carbocycles. The molecule has 5 nitrogen and oxygen atoms in total. The monoisotopic (exact) mass is 201 g/mol. The maximum absolute atomic E-state index is 11.1. The number of hydrogen-bond donors (Lipinski definition) is 1. The Morgan fingerprint density at radius 1 is 1.62 bits per heavy atom. The van der Waals surface area contributed by atoms with Crippen LogP contribution in [-0.2, 0) is 4.79 Å². The Balaban J connectivity index is 2.54. The van der Waals surface area contributed by atoms with Crippen molar-refractivity contribution in [1.29, 1.82) is 0 Å². The Kier molecular flexibility index (Phi) is 3.30. The molecule has 1 amide bonds. The molecule has 1 aromatic rings. The fraction of sp³-hybridized carbons (Fsp3) is 0.571. The standard InChI is InChI=1S/C7H11N3O2S/c1-4(6(11)8-3)13-7-10-9-5(2)12-7/h4H,1-3H3,(H,8,11). The molecule has 1 heterocycles. The lowest BCUT2D eigenvalue weighted by molar-refractivity contribution is -0.119. The van der Waals surface area contributed by atoms with E-state index in [1.165, 1.54) is 11.8 Å². The van der Waals surface area contributed by atoms with E-state index in [4.69, 9.17) is 4.42 Å². The third-order valence-electron chi connectivity index (χ3n) is 1.40. The summed E-state index contributed by atoms with van der Waals surface area (Å²) in [5.41, 5.74) is 0. The fourth-order valence-electron chi connectivity index (χ4n) is 0.734. The van der Waals surface area contributed by atoms with Crippen molar-refractivity contribution in [3.05, 3.63) is 5.89 Å². The number of amides is 1. The van der Waals surface area contributed by atoms with Gasteiger partial charge in [0.25, 0.3) is 5.22 Å². The van der Waals surface area contributed by atoms with Crippen LogP contribution in [0.1, 0.15) is 12.8 Å². The van der Waals surface area contributed by atoms with Crippen LogP contribution in [0.4, 0.5) is 0 Å². The molecule has 0 radical (unpaired) electrons. The maximum Gasteiger partial charge on any atom is 0.277 e. The van der Waals surface area contributed by atoms with E-state index in [1.54, 1.807) is 20.9 Å². The summed E-state index contributed by atoms with van der Waals surface area (Å²) in [4.78, 5) is 11.1. The Hall–Kier alpha value is -1.04. The van der Waals surface area contributed by atoms with E-state index in [9.17, 15) is 4.79 Å². The summed E-state index contributed by atoms with van der Waals surface area (Å²) in [5, 5.41) is 10.2. The van der Waals surface area contributed by atoms with E-state index >= 15 is 0 Å². The number of nitrogens with zero attached hydrogens (tertiary/aromatic N) is 2. The van der Waals surface area contributed by atoms with Gasteiger partial charge >= 0.3 is 0 Å². The molecular formula is C7H11N3O2S. The molecule has 1 aromatic heterocycles. The molecule has 0 saturated carbocycles. The summed E-state index contributed by atoms with van der Waals surface area (Å²) < 4.78 is 5.11. The summed E-state index contributed by atoms with van der Waals surface area (Å²) in [5.74, 6) is 0.451. The quantitative estimate of drug-likeness (QED) is 0.725. The van der Waals surface area contributed by atoms with Crippen LogP contribution in [0.2, 0.25) is 0 Å². The molecule has 0 aliphatic rings. The topological polar surface area (TPSA) is 68.0 Å². The van der Waals surface area contributed by atoms with Gasteiger partial charge in [-0.2, -0.15) is 0 Å². The average molecular weight is 201 g/mol. The van der Waals surface area contributed by atoms with Gasteiger partial charge in [-0.25, -0.2) is 0 Å². The van der Waals surface area contributed by atoms with Crippen LogP contribution in [-0.4, -0.2) is 28.4 Å². The van der Waals surface area contributed by atoms with Crippen LogP contribution < -0.4 is 5.32 Å². The first-order chi connectivity index (χ1) is 6.13. The van der Waals surface area contributed by atoms with E-state index in [0.29, 0.717) is 11.1 Å². The maximum atomic E-state index is 11.1. The molecule has 72 valence electrons. The Morgan fingerprint density at radius 3 is 2.77 bits per heavy atom. The first-order valence-electron chi connectivity index (χ1n) is 3.82. The van der Waals surface area contributed by atoms with E-state index in [1.807, 2.05) is 0 Å². The highest BCUT2D eigenvalue weighted by Crippen LogP contribution is 2.21. The highest BCUT2D eigenvalue weighted by molar-refractivity contribution is 8.00. The minimum absolute atomic E-state index is 0.0548. The third-order valence-corrected chi connectivity index (χ3v) is 2.33. The van der Waals surface area contributed by atoms with Gasteiger partial charge in [0.05, 0.1) is 5.25 Å². The molecule has 0 aliphatic heterocycles. The van der Waals surface area contributed by atoms with Crippen molar-refractivity contribution in [2.75, 3.05) is 7.05 Å². The predicted molar refractivity (Wildman–Crippen MR) is 48.4 cm³/mol. The van der Waals surface area contributed by atoms with Crippen LogP contribution in [0.3, 0.4) is 0 Å². The van der Waals surface area contributed by atoms with Crippen LogP contribution in [0.25, 0.3) is 0 Å². The first kappa shape index (κ1) is 10.0. The zero-order chi connectivity index (χ0) is 9.84. The van der Waals surface area contributed by atoms with Crippen molar-refractivity contribution >= 4 is 17.7 Å². The van der Waals surface area contributed by atoms with Crippen molar-refractivity contribution in [3.8, 4) is 0 Å². The number of hydrogen-bond acceptors (Lipinski definition) is 5. The van der Waals surface area contributed by atoms with Gasteiger partial charge in [-0.1, -0.05) is 11.8 Å². The molecule has 1 atom stereocenters. The van der Waals surface area contributed by atoms with E-state index in [0.717, 1.165) is 0 Å². The average Bonchev–Trinajstić information content (AvgIpc) is 2.49. The molecule has 0 aromatic carbocycles. The lowest BCUT2D eigenvalue weighted by Crippen LogP contribution is -2.27. The zero-order valence-electron chi connectivity index (χ0n) is 7.70.